The van der Waals surface area contributed by atoms with Gasteiger partial charge in [-0.15, -0.1) is 0 Å². The van der Waals surface area contributed by atoms with Crippen molar-refractivity contribution >= 4 is 11.8 Å². The Morgan fingerprint density at radius 1 is 1.16 bits per heavy atom. The molecule has 0 aromatic rings. The maximum absolute atomic E-state index is 11.9. The minimum absolute atomic E-state index is 0.0205. The van der Waals surface area contributed by atoms with Crippen molar-refractivity contribution in [3.63, 3.8) is 0 Å². The fraction of sp³-hybridized carbons (Fsp3) is 0.867. The van der Waals surface area contributed by atoms with E-state index in [4.69, 9.17) is 0 Å². The molecule has 0 unspecified atom stereocenters. The summed E-state index contributed by atoms with van der Waals surface area (Å²) in [5.74, 6) is 0.00504. The first-order valence-corrected chi connectivity index (χ1v) is 7.69. The molecule has 0 atom stereocenters. The van der Waals surface area contributed by atoms with Crippen LogP contribution < -0.4 is 5.32 Å². The van der Waals surface area contributed by atoms with E-state index >= 15 is 0 Å². The van der Waals surface area contributed by atoms with Crippen LogP contribution in [0.4, 0.5) is 0 Å². The zero-order chi connectivity index (χ0) is 14.1. The van der Waals surface area contributed by atoms with Crippen molar-refractivity contribution in [2.75, 3.05) is 13.1 Å². The van der Waals surface area contributed by atoms with Crippen molar-refractivity contribution in [2.24, 2.45) is 0 Å². The van der Waals surface area contributed by atoms with E-state index in [1.165, 1.54) is 25.7 Å². The summed E-state index contributed by atoms with van der Waals surface area (Å²) >= 11 is 0. The quantitative estimate of drug-likeness (QED) is 0.594. The molecule has 4 nitrogen and oxygen atoms in total. The summed E-state index contributed by atoms with van der Waals surface area (Å²) in [5, 5.41) is 2.89. The molecule has 1 saturated carbocycles. The summed E-state index contributed by atoms with van der Waals surface area (Å²) in [6.45, 7) is 4.61. The molecule has 0 aromatic carbocycles. The lowest BCUT2D eigenvalue weighted by Gasteiger charge is -2.29. The van der Waals surface area contributed by atoms with Crippen LogP contribution in [0.5, 0.6) is 0 Å². The lowest BCUT2D eigenvalue weighted by atomic mass is 10.1. The molecule has 1 N–H and O–H groups in total. The van der Waals surface area contributed by atoms with E-state index in [-0.39, 0.29) is 24.4 Å². The maximum Gasteiger partial charge on any atom is 0.239 e. The van der Waals surface area contributed by atoms with Crippen molar-refractivity contribution in [3.05, 3.63) is 0 Å². The van der Waals surface area contributed by atoms with E-state index < -0.39 is 0 Å². The Labute approximate surface area is 116 Å². The number of nitrogens with zero attached hydrogens (tertiary/aromatic N) is 1. The van der Waals surface area contributed by atoms with Crippen LogP contribution in [0.1, 0.15) is 65.2 Å². The van der Waals surface area contributed by atoms with E-state index in [0.717, 1.165) is 25.7 Å². The van der Waals surface area contributed by atoms with E-state index in [0.29, 0.717) is 6.54 Å². The average Bonchev–Trinajstić information content (AvgIpc) is 2.64. The SMILES string of the molecule is CCCCNC(=O)CN(C(C)=O)C1CCCCCC1. The molecular weight excluding hydrogens is 240 g/mol. The van der Waals surface area contributed by atoms with Gasteiger partial charge in [0.15, 0.2) is 0 Å². The van der Waals surface area contributed by atoms with Crippen LogP contribution in [0.2, 0.25) is 0 Å². The minimum atomic E-state index is -0.0205. The van der Waals surface area contributed by atoms with E-state index in [1.807, 2.05) is 0 Å². The second kappa shape index (κ2) is 8.94. The largest absolute Gasteiger partial charge is 0.355 e. The van der Waals surface area contributed by atoms with Gasteiger partial charge in [0, 0.05) is 19.5 Å². The van der Waals surface area contributed by atoms with Crippen LogP contribution in [-0.2, 0) is 9.59 Å². The Morgan fingerprint density at radius 2 is 1.79 bits per heavy atom. The standard InChI is InChI=1S/C15H28N2O2/c1-3-4-11-16-15(19)12-17(13(2)18)14-9-7-5-6-8-10-14/h14H,3-12H2,1-2H3,(H,16,19). The normalized spacial score (nSPS) is 16.7. The summed E-state index contributed by atoms with van der Waals surface area (Å²) in [6.07, 6.45) is 9.01. The highest BCUT2D eigenvalue weighted by atomic mass is 16.2. The molecule has 0 bridgehead atoms. The number of amides is 2. The zero-order valence-corrected chi connectivity index (χ0v) is 12.4. The molecule has 0 aliphatic heterocycles. The number of nitrogens with one attached hydrogen (secondary N) is 1. The predicted molar refractivity (Wildman–Crippen MR) is 76.8 cm³/mol. The summed E-state index contributed by atoms with van der Waals surface area (Å²) in [4.78, 5) is 25.4. The number of rotatable bonds is 6. The first-order valence-electron chi connectivity index (χ1n) is 7.69. The maximum atomic E-state index is 11.9. The highest BCUT2D eigenvalue weighted by molar-refractivity contribution is 5.83. The number of carbonyl (C=O) groups is 2. The van der Waals surface area contributed by atoms with Gasteiger partial charge in [-0.3, -0.25) is 9.59 Å². The number of unbranched alkanes of at least 4 members (excludes halogenated alkanes) is 1. The highest BCUT2D eigenvalue weighted by Crippen LogP contribution is 2.21. The first-order chi connectivity index (χ1) is 9.15. The number of carbonyl (C=O) groups excluding carboxylic acids is 2. The van der Waals surface area contributed by atoms with Crippen molar-refractivity contribution in [3.8, 4) is 0 Å². The van der Waals surface area contributed by atoms with Gasteiger partial charge < -0.3 is 10.2 Å². The molecule has 0 spiro atoms. The predicted octanol–water partition coefficient (Wildman–Crippen LogP) is 2.47. The van der Waals surface area contributed by atoms with Crippen LogP contribution in [0.25, 0.3) is 0 Å². The summed E-state index contributed by atoms with van der Waals surface area (Å²) in [5.41, 5.74) is 0. The highest BCUT2D eigenvalue weighted by Gasteiger charge is 2.23. The molecule has 0 heterocycles. The van der Waals surface area contributed by atoms with Gasteiger partial charge in [0.1, 0.15) is 0 Å². The Kier molecular flexibility index (Phi) is 7.53. The smallest absolute Gasteiger partial charge is 0.239 e. The Bertz CT molecular complexity index is 284. The topological polar surface area (TPSA) is 49.4 Å². The van der Waals surface area contributed by atoms with Gasteiger partial charge >= 0.3 is 0 Å². The fourth-order valence-corrected chi connectivity index (χ4v) is 2.68. The number of hydrogen-bond acceptors (Lipinski definition) is 2. The van der Waals surface area contributed by atoms with Gasteiger partial charge in [-0.2, -0.15) is 0 Å². The van der Waals surface area contributed by atoms with Gasteiger partial charge in [-0.05, 0) is 19.3 Å². The molecule has 1 aliphatic carbocycles. The average molecular weight is 268 g/mol. The molecule has 0 saturated heterocycles. The molecular formula is C15H28N2O2. The Morgan fingerprint density at radius 3 is 2.32 bits per heavy atom. The van der Waals surface area contributed by atoms with Gasteiger partial charge in [0.05, 0.1) is 6.54 Å². The van der Waals surface area contributed by atoms with Crippen molar-refractivity contribution in [1.29, 1.82) is 0 Å². The first kappa shape index (κ1) is 16.0. The molecule has 0 radical (unpaired) electrons. The second-order valence-electron chi connectivity index (χ2n) is 5.50. The second-order valence-corrected chi connectivity index (χ2v) is 5.50. The fourth-order valence-electron chi connectivity index (χ4n) is 2.68. The van der Waals surface area contributed by atoms with Crippen LogP contribution in [0.3, 0.4) is 0 Å². The molecule has 1 aliphatic rings. The molecule has 2 amide bonds. The summed E-state index contributed by atoms with van der Waals surface area (Å²) < 4.78 is 0. The van der Waals surface area contributed by atoms with E-state index in [1.54, 1.807) is 11.8 Å². The number of hydrogen-bond donors (Lipinski definition) is 1. The van der Waals surface area contributed by atoms with Crippen LogP contribution >= 0.6 is 0 Å². The third-order valence-electron chi connectivity index (χ3n) is 3.84. The van der Waals surface area contributed by atoms with Crippen molar-refractivity contribution in [2.45, 2.75) is 71.3 Å². The molecule has 4 heteroatoms. The Hall–Kier alpha value is -1.06. The van der Waals surface area contributed by atoms with Gasteiger partial charge in [-0.1, -0.05) is 39.0 Å². The third kappa shape index (κ3) is 6.08. The van der Waals surface area contributed by atoms with Gasteiger partial charge in [0.2, 0.25) is 11.8 Å². The van der Waals surface area contributed by atoms with E-state index in [9.17, 15) is 9.59 Å². The van der Waals surface area contributed by atoms with Crippen LogP contribution in [0, 0.1) is 0 Å². The minimum Gasteiger partial charge on any atom is -0.355 e. The molecule has 110 valence electrons. The molecule has 19 heavy (non-hydrogen) atoms. The molecule has 1 fully saturated rings. The summed E-state index contributed by atoms with van der Waals surface area (Å²) in [6, 6.07) is 0.261. The third-order valence-corrected chi connectivity index (χ3v) is 3.84. The van der Waals surface area contributed by atoms with Crippen molar-refractivity contribution in [1.82, 2.24) is 10.2 Å². The van der Waals surface area contributed by atoms with Crippen molar-refractivity contribution < 1.29 is 9.59 Å². The van der Waals surface area contributed by atoms with Gasteiger partial charge in [0.25, 0.3) is 0 Å². The van der Waals surface area contributed by atoms with Gasteiger partial charge in [-0.25, -0.2) is 0 Å². The molecule has 1 rings (SSSR count). The lowest BCUT2D eigenvalue weighted by Crippen LogP contribution is -2.45. The molecule has 0 aromatic heterocycles. The zero-order valence-electron chi connectivity index (χ0n) is 12.4. The lowest BCUT2D eigenvalue weighted by molar-refractivity contribution is -0.136. The Balaban J connectivity index is 2.46. The monoisotopic (exact) mass is 268 g/mol. The van der Waals surface area contributed by atoms with E-state index in [2.05, 4.69) is 12.2 Å². The van der Waals surface area contributed by atoms with Crippen LogP contribution in [-0.4, -0.2) is 35.8 Å². The summed E-state index contributed by atoms with van der Waals surface area (Å²) in [7, 11) is 0. The van der Waals surface area contributed by atoms with Crippen LogP contribution in [0.15, 0.2) is 0 Å².